The Balaban J connectivity index is 1.49. The van der Waals surface area contributed by atoms with Crippen LogP contribution in [0, 0.1) is 0 Å². The molecule has 2 aliphatic heterocycles. The lowest BCUT2D eigenvalue weighted by atomic mass is 10.1. The summed E-state index contributed by atoms with van der Waals surface area (Å²) in [6, 6.07) is 15.5. The van der Waals surface area contributed by atoms with Gasteiger partial charge in [-0.05, 0) is 37.6 Å². The molecule has 0 bridgehead atoms. The molecule has 2 aromatic carbocycles. The molecule has 2 fully saturated rings. The van der Waals surface area contributed by atoms with Crippen molar-refractivity contribution in [3.05, 3.63) is 54.1 Å². The number of nitrogens with zero attached hydrogens (tertiary/aromatic N) is 2. The third-order valence-corrected chi connectivity index (χ3v) is 5.60. The third-order valence-electron chi connectivity index (χ3n) is 5.60. The normalized spacial score (nSPS) is 19.9. The first-order valence-electron chi connectivity index (χ1n) is 10.5. The molecule has 2 saturated heterocycles. The van der Waals surface area contributed by atoms with Crippen molar-refractivity contribution in [3.63, 3.8) is 0 Å². The van der Waals surface area contributed by atoms with Crippen LogP contribution in [0.1, 0.15) is 23.7 Å². The van der Waals surface area contributed by atoms with Crippen molar-refractivity contribution in [2.45, 2.75) is 19.4 Å². The number of likely N-dealkylation sites (tertiary alicyclic amines) is 1. The zero-order valence-electron chi connectivity index (χ0n) is 17.0. The molecule has 0 radical (unpaired) electrons. The summed E-state index contributed by atoms with van der Waals surface area (Å²) >= 11 is 0. The van der Waals surface area contributed by atoms with E-state index in [9.17, 15) is 4.79 Å². The molecule has 2 heterocycles. The van der Waals surface area contributed by atoms with Crippen molar-refractivity contribution in [1.82, 2.24) is 15.1 Å². The molecule has 0 aliphatic carbocycles. The first kappa shape index (κ1) is 19.7. The summed E-state index contributed by atoms with van der Waals surface area (Å²) in [5, 5.41) is 3.39. The highest BCUT2D eigenvalue weighted by Gasteiger charge is 2.32. The Hall–Kier alpha value is -2.57. The van der Waals surface area contributed by atoms with Crippen LogP contribution in [0.3, 0.4) is 0 Å². The summed E-state index contributed by atoms with van der Waals surface area (Å²) in [6.45, 7) is 8.24. The first-order valence-corrected chi connectivity index (χ1v) is 10.5. The predicted molar refractivity (Wildman–Crippen MR) is 113 cm³/mol. The number of benzene rings is 2. The minimum absolute atomic E-state index is 0.0344. The fourth-order valence-electron chi connectivity index (χ4n) is 4.10. The van der Waals surface area contributed by atoms with E-state index in [-0.39, 0.29) is 5.91 Å². The number of para-hydroxylation sites is 3. The number of carbonyl (C=O) groups is 1. The molecule has 154 valence electrons. The Morgan fingerprint density at radius 2 is 1.69 bits per heavy atom. The number of piperazine rings is 1. The van der Waals surface area contributed by atoms with Crippen LogP contribution in [0.25, 0.3) is 0 Å². The van der Waals surface area contributed by atoms with E-state index < -0.39 is 0 Å². The number of hydrogen-bond acceptors (Lipinski definition) is 5. The van der Waals surface area contributed by atoms with Crippen molar-refractivity contribution in [3.8, 4) is 17.2 Å². The molecule has 2 aliphatic rings. The minimum atomic E-state index is 0.0344. The van der Waals surface area contributed by atoms with Crippen LogP contribution in [-0.4, -0.2) is 67.6 Å². The van der Waals surface area contributed by atoms with Gasteiger partial charge in [0.2, 0.25) is 0 Å². The van der Waals surface area contributed by atoms with Gasteiger partial charge < -0.3 is 19.7 Å². The van der Waals surface area contributed by atoms with Gasteiger partial charge in [0.25, 0.3) is 5.91 Å². The van der Waals surface area contributed by atoms with Crippen LogP contribution in [0.2, 0.25) is 0 Å². The second-order valence-corrected chi connectivity index (χ2v) is 7.46. The maximum atomic E-state index is 13.3. The highest BCUT2D eigenvalue weighted by molar-refractivity contribution is 5.97. The fraction of sp³-hybridized carbons (Fsp3) is 0.435. The summed E-state index contributed by atoms with van der Waals surface area (Å²) in [7, 11) is 0. The first-order chi connectivity index (χ1) is 14.3. The Bertz CT molecular complexity index is 836. The molecule has 6 heteroatoms. The van der Waals surface area contributed by atoms with Gasteiger partial charge in [-0.15, -0.1) is 0 Å². The molecule has 29 heavy (non-hydrogen) atoms. The molecule has 2 aromatic rings. The van der Waals surface area contributed by atoms with E-state index in [1.165, 1.54) is 0 Å². The molecule has 0 saturated carbocycles. The van der Waals surface area contributed by atoms with Gasteiger partial charge in [0.15, 0.2) is 11.5 Å². The Morgan fingerprint density at radius 3 is 2.45 bits per heavy atom. The largest absolute Gasteiger partial charge is 0.490 e. The van der Waals surface area contributed by atoms with Crippen LogP contribution in [0.5, 0.6) is 17.2 Å². The number of ether oxygens (including phenoxy) is 2. The van der Waals surface area contributed by atoms with Crippen molar-refractivity contribution >= 4 is 5.91 Å². The smallest absolute Gasteiger partial charge is 0.257 e. The molecule has 1 atom stereocenters. The van der Waals surface area contributed by atoms with Crippen LogP contribution in [0.15, 0.2) is 48.5 Å². The molecule has 6 nitrogen and oxygen atoms in total. The quantitative estimate of drug-likeness (QED) is 0.815. The maximum absolute atomic E-state index is 13.3. The van der Waals surface area contributed by atoms with Crippen molar-refractivity contribution in [1.29, 1.82) is 0 Å². The summed E-state index contributed by atoms with van der Waals surface area (Å²) in [4.78, 5) is 17.7. The molecule has 0 spiro atoms. The minimum Gasteiger partial charge on any atom is -0.490 e. The van der Waals surface area contributed by atoms with Crippen LogP contribution < -0.4 is 14.8 Å². The second kappa shape index (κ2) is 9.29. The monoisotopic (exact) mass is 395 g/mol. The predicted octanol–water partition coefficient (Wildman–Crippen LogP) is 3.00. The van der Waals surface area contributed by atoms with Gasteiger partial charge in [-0.25, -0.2) is 0 Å². The number of carbonyl (C=O) groups excluding carboxylic acids is 1. The van der Waals surface area contributed by atoms with E-state index >= 15 is 0 Å². The fourth-order valence-corrected chi connectivity index (χ4v) is 4.10. The molecule has 0 aromatic heterocycles. The van der Waals surface area contributed by atoms with Gasteiger partial charge in [0.05, 0.1) is 12.2 Å². The van der Waals surface area contributed by atoms with Gasteiger partial charge in [-0.3, -0.25) is 9.69 Å². The van der Waals surface area contributed by atoms with E-state index in [1.807, 2.05) is 60.4 Å². The van der Waals surface area contributed by atoms with E-state index in [4.69, 9.17) is 9.47 Å². The van der Waals surface area contributed by atoms with E-state index in [1.54, 1.807) is 0 Å². The van der Waals surface area contributed by atoms with Crippen LogP contribution in [-0.2, 0) is 0 Å². The number of amides is 1. The Kier molecular flexibility index (Phi) is 6.32. The van der Waals surface area contributed by atoms with E-state index in [2.05, 4.69) is 10.2 Å². The van der Waals surface area contributed by atoms with E-state index in [0.29, 0.717) is 35.5 Å². The zero-order valence-corrected chi connectivity index (χ0v) is 17.0. The van der Waals surface area contributed by atoms with Crippen molar-refractivity contribution < 1.29 is 14.3 Å². The summed E-state index contributed by atoms with van der Waals surface area (Å²) in [5.41, 5.74) is 0.597. The van der Waals surface area contributed by atoms with Gasteiger partial charge in [0, 0.05) is 45.3 Å². The topological polar surface area (TPSA) is 54.0 Å². The number of hydrogen-bond donors (Lipinski definition) is 1. The SMILES string of the molecule is CCOc1ccccc1Oc1ccccc1C(=O)N1CCC(N2CCNCC2)C1. The highest BCUT2D eigenvalue weighted by Crippen LogP contribution is 2.33. The Labute approximate surface area is 172 Å². The highest BCUT2D eigenvalue weighted by atomic mass is 16.5. The maximum Gasteiger partial charge on any atom is 0.257 e. The molecule has 1 amide bonds. The number of rotatable bonds is 6. The molecular weight excluding hydrogens is 366 g/mol. The van der Waals surface area contributed by atoms with Crippen molar-refractivity contribution in [2.24, 2.45) is 0 Å². The average Bonchev–Trinajstić information content (AvgIpc) is 3.26. The van der Waals surface area contributed by atoms with E-state index in [0.717, 1.165) is 45.7 Å². The molecule has 1 N–H and O–H groups in total. The number of nitrogens with one attached hydrogen (secondary N) is 1. The van der Waals surface area contributed by atoms with Crippen LogP contribution >= 0.6 is 0 Å². The van der Waals surface area contributed by atoms with Gasteiger partial charge >= 0.3 is 0 Å². The second-order valence-electron chi connectivity index (χ2n) is 7.46. The Morgan fingerprint density at radius 1 is 1.00 bits per heavy atom. The van der Waals surface area contributed by atoms with Crippen LogP contribution in [0.4, 0.5) is 0 Å². The lowest BCUT2D eigenvalue weighted by molar-refractivity contribution is 0.0771. The lowest BCUT2D eigenvalue weighted by Gasteiger charge is -2.32. The summed E-state index contributed by atoms with van der Waals surface area (Å²) in [6.07, 6.45) is 1.03. The molecule has 4 rings (SSSR count). The lowest BCUT2D eigenvalue weighted by Crippen LogP contribution is -2.49. The van der Waals surface area contributed by atoms with Crippen molar-refractivity contribution in [2.75, 3.05) is 45.9 Å². The summed E-state index contributed by atoms with van der Waals surface area (Å²) in [5.74, 6) is 1.90. The third kappa shape index (κ3) is 4.54. The molecular formula is C23H29N3O3. The zero-order chi connectivity index (χ0) is 20.1. The van der Waals surface area contributed by atoms with Gasteiger partial charge in [-0.1, -0.05) is 24.3 Å². The van der Waals surface area contributed by atoms with Gasteiger partial charge in [-0.2, -0.15) is 0 Å². The standard InChI is InChI=1S/C23H29N3O3/c1-2-28-21-9-5-6-10-22(21)29-20-8-4-3-7-19(20)23(27)26-14-11-18(17-26)25-15-12-24-13-16-25/h3-10,18,24H,2,11-17H2,1H3. The summed E-state index contributed by atoms with van der Waals surface area (Å²) < 4.78 is 11.8. The van der Waals surface area contributed by atoms with Gasteiger partial charge in [0.1, 0.15) is 5.75 Å². The molecule has 1 unspecified atom stereocenters. The average molecular weight is 396 g/mol.